The SMILES string of the molecule is CCCCCCCCCCCCCCCCCCC[N+](CCC(C)C(=O)[O-])(CCC(C)C(=O)O)CCC(C)C(=O)O. The van der Waals surface area contributed by atoms with E-state index in [2.05, 4.69) is 6.92 Å². The van der Waals surface area contributed by atoms with Gasteiger partial charge in [-0.1, -0.05) is 124 Å². The van der Waals surface area contributed by atoms with Crippen molar-refractivity contribution in [3.05, 3.63) is 0 Å². The van der Waals surface area contributed by atoms with Crippen LogP contribution in [0, 0.1) is 17.8 Å². The zero-order chi connectivity index (χ0) is 30.9. The zero-order valence-corrected chi connectivity index (χ0v) is 27.2. The Bertz CT molecular complexity index is 622. The minimum atomic E-state index is -1.07. The Hall–Kier alpha value is -1.63. The topological polar surface area (TPSA) is 115 Å². The molecule has 0 saturated heterocycles. The van der Waals surface area contributed by atoms with Crippen LogP contribution >= 0.6 is 0 Å². The number of unbranched alkanes of at least 4 members (excludes halogenated alkanes) is 16. The van der Waals surface area contributed by atoms with Gasteiger partial charge in [0.05, 0.1) is 38.0 Å². The largest absolute Gasteiger partial charge is 0.550 e. The molecule has 0 saturated carbocycles. The number of carbonyl (C=O) groups is 3. The molecule has 0 rings (SSSR count). The first-order valence-electron chi connectivity index (χ1n) is 17.1. The summed E-state index contributed by atoms with van der Waals surface area (Å²) in [5, 5.41) is 30.2. The van der Waals surface area contributed by atoms with E-state index < -0.39 is 35.7 Å². The van der Waals surface area contributed by atoms with Crippen LogP contribution in [0.3, 0.4) is 0 Å². The van der Waals surface area contributed by atoms with Crippen molar-refractivity contribution in [1.29, 1.82) is 0 Å². The molecule has 0 fully saturated rings. The van der Waals surface area contributed by atoms with E-state index >= 15 is 0 Å². The highest BCUT2D eigenvalue weighted by Crippen LogP contribution is 2.22. The maximum Gasteiger partial charge on any atom is 0.306 e. The third-order valence-corrected chi connectivity index (χ3v) is 9.09. The van der Waals surface area contributed by atoms with Crippen molar-refractivity contribution in [2.45, 2.75) is 156 Å². The lowest BCUT2D eigenvalue weighted by atomic mass is 10.0. The molecule has 7 nitrogen and oxygen atoms in total. The van der Waals surface area contributed by atoms with Crippen molar-refractivity contribution in [3.63, 3.8) is 0 Å². The molecule has 41 heavy (non-hydrogen) atoms. The van der Waals surface area contributed by atoms with Gasteiger partial charge in [-0.3, -0.25) is 9.59 Å². The summed E-state index contributed by atoms with van der Waals surface area (Å²) in [5.74, 6) is -4.29. The average Bonchev–Trinajstić information content (AvgIpc) is 2.94. The van der Waals surface area contributed by atoms with E-state index in [1.165, 1.54) is 96.3 Å². The van der Waals surface area contributed by atoms with Crippen LogP contribution < -0.4 is 5.11 Å². The van der Waals surface area contributed by atoms with Crippen LogP contribution in [0.2, 0.25) is 0 Å². The van der Waals surface area contributed by atoms with Gasteiger partial charge in [0.1, 0.15) is 0 Å². The van der Waals surface area contributed by atoms with E-state index in [1.54, 1.807) is 20.8 Å². The van der Waals surface area contributed by atoms with E-state index in [-0.39, 0.29) is 0 Å². The molecule has 0 amide bonds. The van der Waals surface area contributed by atoms with Gasteiger partial charge in [0.25, 0.3) is 0 Å². The lowest BCUT2D eigenvalue weighted by Crippen LogP contribution is -2.52. The normalized spacial score (nSPS) is 15.2. The first-order valence-corrected chi connectivity index (χ1v) is 17.1. The molecule has 0 aliphatic rings. The Morgan fingerprint density at radius 3 is 1.10 bits per heavy atom. The molecule has 0 radical (unpaired) electrons. The highest BCUT2D eigenvalue weighted by atomic mass is 16.4. The summed E-state index contributed by atoms with van der Waals surface area (Å²) in [7, 11) is 0. The number of hydrogen-bond donors (Lipinski definition) is 2. The molecule has 0 heterocycles. The Kier molecular flexibility index (Phi) is 23.9. The van der Waals surface area contributed by atoms with Crippen molar-refractivity contribution in [3.8, 4) is 0 Å². The maximum atomic E-state index is 11.5. The molecule has 3 atom stereocenters. The first-order chi connectivity index (χ1) is 19.5. The monoisotopic (exact) mass is 583 g/mol. The predicted molar refractivity (Wildman–Crippen MR) is 166 cm³/mol. The van der Waals surface area contributed by atoms with Gasteiger partial charge in [-0.25, -0.2) is 0 Å². The van der Waals surface area contributed by atoms with E-state index in [0.717, 1.165) is 19.4 Å². The lowest BCUT2D eigenvalue weighted by molar-refractivity contribution is -0.929. The van der Waals surface area contributed by atoms with Crippen molar-refractivity contribution < 1.29 is 34.2 Å². The first kappa shape index (κ1) is 39.4. The van der Waals surface area contributed by atoms with Crippen LogP contribution in [0.15, 0.2) is 0 Å². The fourth-order valence-corrected chi connectivity index (χ4v) is 5.61. The van der Waals surface area contributed by atoms with Crippen LogP contribution in [0.5, 0.6) is 0 Å². The summed E-state index contributed by atoms with van der Waals surface area (Å²) in [4.78, 5) is 34.3. The highest BCUT2D eigenvalue weighted by Gasteiger charge is 2.30. The molecule has 3 unspecified atom stereocenters. The number of hydrogen-bond acceptors (Lipinski definition) is 4. The number of nitrogens with zero attached hydrogens (tertiary/aromatic N) is 1. The van der Waals surface area contributed by atoms with Gasteiger partial charge < -0.3 is 24.6 Å². The Morgan fingerprint density at radius 2 is 0.805 bits per heavy atom. The molecular formula is C34H65NO6. The number of carboxylic acid groups (broad SMARTS) is 3. The third kappa shape index (κ3) is 21.7. The summed E-state index contributed by atoms with van der Waals surface area (Å²) >= 11 is 0. The molecule has 7 heteroatoms. The van der Waals surface area contributed by atoms with E-state index in [4.69, 9.17) is 0 Å². The number of quaternary nitrogens is 1. The smallest absolute Gasteiger partial charge is 0.306 e. The minimum Gasteiger partial charge on any atom is -0.550 e. The minimum absolute atomic E-state index is 0.449. The lowest BCUT2D eigenvalue weighted by Gasteiger charge is -2.41. The van der Waals surface area contributed by atoms with Crippen molar-refractivity contribution >= 4 is 17.9 Å². The van der Waals surface area contributed by atoms with Crippen molar-refractivity contribution in [1.82, 2.24) is 0 Å². The molecule has 0 aromatic carbocycles. The second-order valence-corrected chi connectivity index (χ2v) is 13.0. The molecule has 0 aliphatic carbocycles. The summed E-state index contributed by atoms with van der Waals surface area (Å²) in [6, 6.07) is 0. The predicted octanol–water partition coefficient (Wildman–Crippen LogP) is 7.45. The molecule has 0 aliphatic heterocycles. The maximum absolute atomic E-state index is 11.5. The summed E-state index contributed by atoms with van der Waals surface area (Å²) in [6.07, 6.45) is 23.6. The Balaban J connectivity index is 4.52. The second kappa shape index (κ2) is 24.9. The molecule has 0 bridgehead atoms. The van der Waals surface area contributed by atoms with Crippen molar-refractivity contribution in [2.24, 2.45) is 17.8 Å². The van der Waals surface area contributed by atoms with E-state index in [1.807, 2.05) is 0 Å². The number of carbonyl (C=O) groups excluding carboxylic acids is 1. The van der Waals surface area contributed by atoms with Gasteiger partial charge in [-0.05, 0) is 12.8 Å². The molecule has 0 spiro atoms. The van der Waals surface area contributed by atoms with Crippen LogP contribution in [0.25, 0.3) is 0 Å². The number of aliphatic carboxylic acids is 3. The average molecular weight is 584 g/mol. The standard InChI is InChI=1S/C34H65NO6/c1-5-6-7-8-9-10-11-12-13-14-15-16-17-18-19-20-21-25-35(26-22-29(2)32(36)37,27-23-30(3)33(38)39)28-24-31(4)34(40)41/h29-31H,5-28H2,1-4H3,(H2-,36,37,38,39,40,41). The van der Waals surface area contributed by atoms with Gasteiger partial charge in [-0.2, -0.15) is 0 Å². The van der Waals surface area contributed by atoms with E-state index in [9.17, 15) is 29.7 Å². The van der Waals surface area contributed by atoms with Crippen molar-refractivity contribution in [2.75, 3.05) is 26.2 Å². The Labute approximate surface area is 252 Å². The van der Waals surface area contributed by atoms with Gasteiger partial charge >= 0.3 is 11.9 Å². The molecule has 0 aromatic rings. The zero-order valence-electron chi connectivity index (χ0n) is 27.2. The highest BCUT2D eigenvalue weighted by molar-refractivity contribution is 5.69. The number of carboxylic acids is 3. The van der Waals surface area contributed by atoms with Gasteiger partial charge in [0.15, 0.2) is 0 Å². The second-order valence-electron chi connectivity index (χ2n) is 13.0. The molecule has 242 valence electrons. The van der Waals surface area contributed by atoms with Crippen LogP contribution in [-0.2, 0) is 14.4 Å². The summed E-state index contributed by atoms with van der Waals surface area (Å²) in [5.41, 5.74) is 0. The van der Waals surface area contributed by atoms with Gasteiger partial charge in [-0.15, -0.1) is 0 Å². The van der Waals surface area contributed by atoms with E-state index in [0.29, 0.717) is 43.4 Å². The summed E-state index contributed by atoms with van der Waals surface area (Å²) < 4.78 is 0.589. The summed E-state index contributed by atoms with van der Waals surface area (Å²) in [6.45, 7) is 10.0. The van der Waals surface area contributed by atoms with Crippen LogP contribution in [0.1, 0.15) is 156 Å². The van der Waals surface area contributed by atoms with Gasteiger partial charge in [0.2, 0.25) is 0 Å². The fraction of sp³-hybridized carbons (Fsp3) is 0.912. The molecule has 0 aromatic heterocycles. The molecule has 2 N–H and O–H groups in total. The Morgan fingerprint density at radius 1 is 0.512 bits per heavy atom. The number of rotatable bonds is 30. The van der Waals surface area contributed by atoms with Crippen LogP contribution in [0.4, 0.5) is 0 Å². The van der Waals surface area contributed by atoms with Crippen LogP contribution in [-0.4, -0.2) is 58.8 Å². The third-order valence-electron chi connectivity index (χ3n) is 9.09. The molecular weight excluding hydrogens is 518 g/mol. The fourth-order valence-electron chi connectivity index (χ4n) is 5.61. The quantitative estimate of drug-likeness (QED) is 0.0670. The van der Waals surface area contributed by atoms with Gasteiger partial charge in [0, 0.05) is 31.1 Å².